The molecule has 1 aromatic carbocycles. The Morgan fingerprint density at radius 2 is 1.52 bits per heavy atom. The van der Waals surface area contributed by atoms with E-state index in [1.165, 1.54) is 24.8 Å². The van der Waals surface area contributed by atoms with Crippen LogP contribution in [0.15, 0.2) is 30.3 Å². The second kappa shape index (κ2) is 7.33. The van der Waals surface area contributed by atoms with Crippen LogP contribution in [-0.2, 0) is 10.3 Å². The SMILES string of the molecule is O=C(CCNC(=O)NC12CC3CC(CC(C3)C1)C2)NC1(c2ccccc2)CCC1. The molecule has 0 radical (unpaired) electrons. The molecule has 6 rings (SSSR count). The minimum atomic E-state index is -0.209. The van der Waals surface area contributed by atoms with E-state index >= 15 is 0 Å². The van der Waals surface area contributed by atoms with Crippen LogP contribution in [-0.4, -0.2) is 24.0 Å². The maximum absolute atomic E-state index is 12.5. The van der Waals surface area contributed by atoms with Crippen molar-refractivity contribution in [1.82, 2.24) is 16.0 Å². The molecule has 5 aliphatic carbocycles. The van der Waals surface area contributed by atoms with Gasteiger partial charge in [0, 0.05) is 18.5 Å². The number of rotatable bonds is 6. The Hall–Kier alpha value is -2.04. The van der Waals surface area contributed by atoms with Crippen molar-refractivity contribution >= 4 is 11.9 Å². The molecule has 0 saturated heterocycles. The molecule has 4 bridgehead atoms. The van der Waals surface area contributed by atoms with E-state index in [0.717, 1.165) is 56.3 Å². The van der Waals surface area contributed by atoms with Gasteiger partial charge in [0.2, 0.25) is 5.91 Å². The number of carbonyl (C=O) groups is 2. The number of benzene rings is 1. The number of hydrogen-bond donors (Lipinski definition) is 3. The van der Waals surface area contributed by atoms with Gasteiger partial charge in [-0.15, -0.1) is 0 Å². The number of carbonyl (C=O) groups excluding carboxylic acids is 2. The molecule has 3 N–H and O–H groups in total. The summed E-state index contributed by atoms with van der Waals surface area (Å²) in [5.74, 6) is 2.44. The topological polar surface area (TPSA) is 70.2 Å². The van der Waals surface area contributed by atoms with E-state index in [-0.39, 0.29) is 23.0 Å². The van der Waals surface area contributed by atoms with Gasteiger partial charge in [0.05, 0.1) is 5.54 Å². The van der Waals surface area contributed by atoms with Crippen molar-refractivity contribution < 1.29 is 9.59 Å². The van der Waals surface area contributed by atoms with Gasteiger partial charge < -0.3 is 16.0 Å². The normalized spacial score (nSPS) is 33.6. The fraction of sp³-hybridized carbons (Fsp3) is 0.667. The summed E-state index contributed by atoms with van der Waals surface area (Å²) in [5.41, 5.74) is 0.997. The average Bonchev–Trinajstić information content (AvgIpc) is 2.64. The van der Waals surface area contributed by atoms with E-state index in [2.05, 4.69) is 28.1 Å². The van der Waals surface area contributed by atoms with Crippen LogP contribution in [0, 0.1) is 17.8 Å². The largest absolute Gasteiger partial charge is 0.347 e. The Bertz CT molecular complexity index is 736. The molecule has 0 atom stereocenters. The summed E-state index contributed by atoms with van der Waals surface area (Å²) < 4.78 is 0. The van der Waals surface area contributed by atoms with Crippen LogP contribution in [0.1, 0.15) is 69.8 Å². The van der Waals surface area contributed by atoms with Gasteiger partial charge >= 0.3 is 6.03 Å². The van der Waals surface area contributed by atoms with Gasteiger partial charge in [-0.05, 0) is 81.1 Å². The third kappa shape index (κ3) is 3.76. The Labute approximate surface area is 173 Å². The van der Waals surface area contributed by atoms with Gasteiger partial charge in [-0.3, -0.25) is 4.79 Å². The van der Waals surface area contributed by atoms with Gasteiger partial charge in [0.25, 0.3) is 0 Å². The minimum Gasteiger partial charge on any atom is -0.347 e. The standard InChI is InChI=1S/C24H33N3O2/c28-21(26-24(8-4-9-24)20-5-2-1-3-6-20)7-10-25-22(29)27-23-14-17-11-18(15-23)13-19(12-17)16-23/h1-3,5-6,17-19H,4,7-16H2,(H,26,28)(H2,25,27,29). The molecule has 1 aromatic rings. The highest BCUT2D eigenvalue weighted by Crippen LogP contribution is 2.55. The number of amides is 3. The van der Waals surface area contributed by atoms with Gasteiger partial charge in [-0.25, -0.2) is 4.79 Å². The van der Waals surface area contributed by atoms with E-state index in [1.54, 1.807) is 0 Å². The van der Waals surface area contributed by atoms with Crippen LogP contribution in [0.3, 0.4) is 0 Å². The molecule has 5 nitrogen and oxygen atoms in total. The lowest BCUT2D eigenvalue weighted by molar-refractivity contribution is -0.124. The molecule has 0 aromatic heterocycles. The van der Waals surface area contributed by atoms with Gasteiger partial charge in [0.15, 0.2) is 0 Å². The van der Waals surface area contributed by atoms with Crippen molar-refractivity contribution in [2.45, 2.75) is 75.3 Å². The molecule has 5 fully saturated rings. The van der Waals surface area contributed by atoms with Crippen LogP contribution in [0.4, 0.5) is 4.79 Å². The Kier molecular flexibility index (Phi) is 4.79. The number of nitrogens with one attached hydrogen (secondary N) is 3. The molecular formula is C24H33N3O2. The predicted octanol–water partition coefficient (Wildman–Crippen LogP) is 3.84. The van der Waals surface area contributed by atoms with E-state index in [0.29, 0.717) is 13.0 Å². The first-order valence-corrected chi connectivity index (χ1v) is 11.5. The minimum absolute atomic E-state index is 0.0173. The summed E-state index contributed by atoms with van der Waals surface area (Å²) in [7, 11) is 0. The maximum Gasteiger partial charge on any atom is 0.315 e. The zero-order chi connectivity index (χ0) is 19.9. The predicted molar refractivity (Wildman–Crippen MR) is 112 cm³/mol. The monoisotopic (exact) mass is 395 g/mol. The molecule has 3 amide bonds. The smallest absolute Gasteiger partial charge is 0.315 e. The molecule has 156 valence electrons. The van der Waals surface area contributed by atoms with Crippen molar-refractivity contribution in [3.63, 3.8) is 0 Å². The lowest BCUT2D eigenvalue weighted by Gasteiger charge is -2.56. The van der Waals surface area contributed by atoms with Crippen molar-refractivity contribution in [2.75, 3.05) is 6.54 Å². The zero-order valence-electron chi connectivity index (χ0n) is 17.2. The van der Waals surface area contributed by atoms with Crippen LogP contribution >= 0.6 is 0 Å². The van der Waals surface area contributed by atoms with Crippen LogP contribution in [0.5, 0.6) is 0 Å². The lowest BCUT2D eigenvalue weighted by atomic mass is 9.53. The highest BCUT2D eigenvalue weighted by molar-refractivity contribution is 5.79. The van der Waals surface area contributed by atoms with E-state index in [4.69, 9.17) is 0 Å². The first-order valence-electron chi connectivity index (χ1n) is 11.5. The van der Waals surface area contributed by atoms with Crippen LogP contribution in [0.2, 0.25) is 0 Å². The Balaban J connectivity index is 1.09. The van der Waals surface area contributed by atoms with E-state index in [9.17, 15) is 9.59 Å². The van der Waals surface area contributed by atoms with Gasteiger partial charge in [0.1, 0.15) is 0 Å². The first-order chi connectivity index (χ1) is 14.0. The number of urea groups is 1. The molecule has 0 unspecified atom stereocenters. The van der Waals surface area contributed by atoms with Gasteiger partial charge in [-0.2, -0.15) is 0 Å². The molecule has 5 heteroatoms. The van der Waals surface area contributed by atoms with Crippen molar-refractivity contribution in [2.24, 2.45) is 17.8 Å². The molecule has 29 heavy (non-hydrogen) atoms. The lowest BCUT2D eigenvalue weighted by Crippen LogP contribution is -2.61. The van der Waals surface area contributed by atoms with Crippen LogP contribution in [0.25, 0.3) is 0 Å². The fourth-order valence-corrected chi connectivity index (χ4v) is 6.94. The Morgan fingerprint density at radius 1 is 0.897 bits per heavy atom. The third-order valence-electron chi connectivity index (χ3n) is 7.97. The van der Waals surface area contributed by atoms with E-state index in [1.807, 2.05) is 18.2 Å². The second-order valence-corrected chi connectivity index (χ2v) is 10.2. The molecule has 0 spiro atoms. The van der Waals surface area contributed by atoms with Crippen LogP contribution < -0.4 is 16.0 Å². The average molecular weight is 396 g/mol. The first kappa shape index (κ1) is 19.0. The molecular weight excluding hydrogens is 362 g/mol. The highest BCUT2D eigenvalue weighted by atomic mass is 16.2. The summed E-state index contributed by atoms with van der Waals surface area (Å²) in [6.07, 6.45) is 11.0. The number of hydrogen-bond acceptors (Lipinski definition) is 2. The Morgan fingerprint density at radius 3 is 2.07 bits per heavy atom. The molecule has 0 heterocycles. The van der Waals surface area contributed by atoms with Crippen molar-refractivity contribution in [3.05, 3.63) is 35.9 Å². The quantitative estimate of drug-likeness (QED) is 0.685. The second-order valence-electron chi connectivity index (χ2n) is 10.2. The zero-order valence-corrected chi connectivity index (χ0v) is 17.2. The molecule has 5 saturated carbocycles. The van der Waals surface area contributed by atoms with Crippen molar-refractivity contribution in [1.29, 1.82) is 0 Å². The summed E-state index contributed by atoms with van der Waals surface area (Å²) in [6.45, 7) is 0.384. The van der Waals surface area contributed by atoms with Gasteiger partial charge in [-0.1, -0.05) is 30.3 Å². The van der Waals surface area contributed by atoms with E-state index < -0.39 is 0 Å². The van der Waals surface area contributed by atoms with Crippen molar-refractivity contribution in [3.8, 4) is 0 Å². The summed E-state index contributed by atoms with van der Waals surface area (Å²) in [5, 5.41) is 9.49. The summed E-state index contributed by atoms with van der Waals surface area (Å²) >= 11 is 0. The summed E-state index contributed by atoms with van der Waals surface area (Å²) in [4.78, 5) is 25.1. The molecule has 5 aliphatic rings. The fourth-order valence-electron chi connectivity index (χ4n) is 6.94. The summed E-state index contributed by atoms with van der Waals surface area (Å²) in [6, 6.07) is 10.1. The maximum atomic E-state index is 12.5. The highest BCUT2D eigenvalue weighted by Gasteiger charge is 2.51. The molecule has 0 aliphatic heterocycles. The third-order valence-corrected chi connectivity index (χ3v) is 7.97.